The minimum absolute atomic E-state index is 0.836. The van der Waals surface area contributed by atoms with Crippen LogP contribution in [0.1, 0.15) is 58.8 Å². The average Bonchev–Trinajstić information content (AvgIpc) is 2.08. The first-order valence-corrected chi connectivity index (χ1v) is 5.47. The molecule has 0 N–H and O–H groups in total. The van der Waals surface area contributed by atoms with Crippen LogP contribution in [0.4, 0.5) is 0 Å². The minimum atomic E-state index is 0.836. The Kier molecular flexibility index (Phi) is 4.42. The largest absolute Gasteiger partial charge is 0.0853 e. The summed E-state index contributed by atoms with van der Waals surface area (Å²) in [7, 11) is 0. The second kappa shape index (κ2) is 5.40. The van der Waals surface area contributed by atoms with Gasteiger partial charge < -0.3 is 0 Å². The van der Waals surface area contributed by atoms with Crippen molar-refractivity contribution < 1.29 is 0 Å². The summed E-state index contributed by atoms with van der Waals surface area (Å²) in [4.78, 5) is 0. The van der Waals surface area contributed by atoms with Crippen LogP contribution in [-0.4, -0.2) is 0 Å². The summed E-state index contributed by atoms with van der Waals surface area (Å²) in [5, 5.41) is 0. The van der Waals surface area contributed by atoms with Gasteiger partial charge in [0.25, 0.3) is 0 Å². The van der Waals surface area contributed by atoms with E-state index in [9.17, 15) is 0 Å². The zero-order chi connectivity index (χ0) is 8.81. The SMILES string of the molecule is CC1=CCCCCCCCC1C. The molecule has 0 aromatic rings. The van der Waals surface area contributed by atoms with Gasteiger partial charge in [0.2, 0.25) is 0 Å². The lowest BCUT2D eigenvalue weighted by Gasteiger charge is -2.13. The smallest absolute Gasteiger partial charge is 0.0234 e. The first-order valence-electron chi connectivity index (χ1n) is 5.47. The Bertz CT molecular complexity index is 144. The fourth-order valence-electron chi connectivity index (χ4n) is 1.88. The molecular formula is C12H22. The predicted octanol–water partition coefficient (Wildman–Crippen LogP) is 4.31. The van der Waals surface area contributed by atoms with E-state index >= 15 is 0 Å². The van der Waals surface area contributed by atoms with Crippen molar-refractivity contribution in [3.8, 4) is 0 Å². The molecule has 1 rings (SSSR count). The molecular weight excluding hydrogens is 144 g/mol. The summed E-state index contributed by atoms with van der Waals surface area (Å²) in [5.74, 6) is 0.836. The van der Waals surface area contributed by atoms with Crippen molar-refractivity contribution in [2.24, 2.45) is 5.92 Å². The molecule has 0 heteroatoms. The van der Waals surface area contributed by atoms with E-state index in [0.29, 0.717) is 0 Å². The van der Waals surface area contributed by atoms with Crippen LogP contribution >= 0.6 is 0 Å². The van der Waals surface area contributed by atoms with E-state index < -0.39 is 0 Å². The van der Waals surface area contributed by atoms with Crippen molar-refractivity contribution in [1.29, 1.82) is 0 Å². The van der Waals surface area contributed by atoms with Crippen LogP contribution in [0, 0.1) is 5.92 Å². The van der Waals surface area contributed by atoms with Crippen molar-refractivity contribution in [1.82, 2.24) is 0 Å². The van der Waals surface area contributed by atoms with Gasteiger partial charge in [-0.25, -0.2) is 0 Å². The molecule has 1 atom stereocenters. The van der Waals surface area contributed by atoms with Gasteiger partial charge in [-0.1, -0.05) is 44.3 Å². The standard InChI is InChI=1S/C12H22/c1-11-9-7-5-3-4-6-8-10-12(11)2/h9,12H,3-8,10H2,1-2H3. The van der Waals surface area contributed by atoms with Crippen LogP contribution in [0.3, 0.4) is 0 Å². The summed E-state index contributed by atoms with van der Waals surface area (Å²) >= 11 is 0. The maximum Gasteiger partial charge on any atom is -0.0234 e. The van der Waals surface area contributed by atoms with Crippen LogP contribution < -0.4 is 0 Å². The Morgan fingerprint density at radius 1 is 1.08 bits per heavy atom. The Balaban J connectivity index is 2.42. The second-order valence-electron chi connectivity index (χ2n) is 4.19. The molecule has 0 heterocycles. The first-order chi connectivity index (χ1) is 5.80. The third-order valence-electron chi connectivity index (χ3n) is 3.08. The molecule has 1 aliphatic carbocycles. The lowest BCUT2D eigenvalue weighted by molar-refractivity contribution is 0.519. The van der Waals surface area contributed by atoms with Gasteiger partial charge in [0.15, 0.2) is 0 Å². The maximum atomic E-state index is 2.45. The van der Waals surface area contributed by atoms with E-state index in [1.54, 1.807) is 5.57 Å². The van der Waals surface area contributed by atoms with Crippen molar-refractivity contribution in [3.05, 3.63) is 11.6 Å². The molecule has 0 radical (unpaired) electrons. The second-order valence-corrected chi connectivity index (χ2v) is 4.19. The molecule has 1 unspecified atom stereocenters. The van der Waals surface area contributed by atoms with Gasteiger partial charge in [-0.15, -0.1) is 0 Å². The molecule has 0 aliphatic heterocycles. The third kappa shape index (κ3) is 3.42. The summed E-state index contributed by atoms with van der Waals surface area (Å²) < 4.78 is 0. The van der Waals surface area contributed by atoms with Gasteiger partial charge in [-0.2, -0.15) is 0 Å². The number of hydrogen-bond donors (Lipinski definition) is 0. The van der Waals surface area contributed by atoms with Crippen molar-refractivity contribution in [2.45, 2.75) is 58.8 Å². The molecule has 12 heavy (non-hydrogen) atoms. The van der Waals surface area contributed by atoms with Crippen molar-refractivity contribution in [3.63, 3.8) is 0 Å². The van der Waals surface area contributed by atoms with Gasteiger partial charge in [-0.05, 0) is 32.1 Å². The zero-order valence-electron chi connectivity index (χ0n) is 8.60. The molecule has 0 spiro atoms. The molecule has 1 aliphatic rings. The number of rotatable bonds is 0. The Hall–Kier alpha value is -0.260. The monoisotopic (exact) mass is 166 g/mol. The van der Waals surface area contributed by atoms with E-state index in [-0.39, 0.29) is 0 Å². The highest BCUT2D eigenvalue weighted by molar-refractivity contribution is 5.02. The van der Waals surface area contributed by atoms with E-state index in [1.807, 2.05) is 0 Å². The molecule has 0 aromatic carbocycles. The highest BCUT2D eigenvalue weighted by Crippen LogP contribution is 2.21. The normalized spacial score (nSPS) is 27.8. The zero-order valence-corrected chi connectivity index (χ0v) is 8.60. The summed E-state index contributed by atoms with van der Waals surface area (Å²) in [6.45, 7) is 4.67. The van der Waals surface area contributed by atoms with Crippen LogP contribution in [0.2, 0.25) is 0 Å². The molecule has 0 bridgehead atoms. The summed E-state index contributed by atoms with van der Waals surface area (Å²) in [5.41, 5.74) is 1.62. The molecule has 0 amide bonds. The Labute approximate surface area is 77.1 Å². The molecule has 0 nitrogen and oxygen atoms in total. The topological polar surface area (TPSA) is 0 Å². The van der Waals surface area contributed by atoms with E-state index in [0.717, 1.165) is 5.92 Å². The quantitative estimate of drug-likeness (QED) is 0.470. The average molecular weight is 166 g/mol. The molecule has 0 fully saturated rings. The van der Waals surface area contributed by atoms with Crippen molar-refractivity contribution >= 4 is 0 Å². The third-order valence-corrected chi connectivity index (χ3v) is 3.08. The number of allylic oxidation sites excluding steroid dienone is 2. The van der Waals surface area contributed by atoms with Crippen molar-refractivity contribution in [2.75, 3.05) is 0 Å². The van der Waals surface area contributed by atoms with Crippen LogP contribution in [0.15, 0.2) is 11.6 Å². The van der Waals surface area contributed by atoms with Gasteiger partial charge in [0.05, 0.1) is 0 Å². The lowest BCUT2D eigenvalue weighted by Crippen LogP contribution is -1.98. The highest BCUT2D eigenvalue weighted by Gasteiger charge is 2.04. The van der Waals surface area contributed by atoms with Crippen LogP contribution in [0.25, 0.3) is 0 Å². The Morgan fingerprint density at radius 3 is 2.58 bits per heavy atom. The molecule has 70 valence electrons. The van der Waals surface area contributed by atoms with E-state index in [4.69, 9.17) is 0 Å². The van der Waals surface area contributed by atoms with Crippen LogP contribution in [0.5, 0.6) is 0 Å². The number of hydrogen-bond acceptors (Lipinski definition) is 0. The Morgan fingerprint density at radius 2 is 1.75 bits per heavy atom. The first kappa shape index (κ1) is 9.83. The molecule has 0 saturated carbocycles. The molecule has 0 saturated heterocycles. The van der Waals surface area contributed by atoms with Gasteiger partial charge in [0.1, 0.15) is 0 Å². The predicted molar refractivity (Wildman–Crippen MR) is 55.2 cm³/mol. The van der Waals surface area contributed by atoms with E-state index in [1.165, 1.54) is 44.9 Å². The summed E-state index contributed by atoms with van der Waals surface area (Å²) in [6.07, 6.45) is 12.4. The van der Waals surface area contributed by atoms with Crippen LogP contribution in [-0.2, 0) is 0 Å². The van der Waals surface area contributed by atoms with Gasteiger partial charge in [0, 0.05) is 0 Å². The molecule has 0 aromatic heterocycles. The van der Waals surface area contributed by atoms with E-state index in [2.05, 4.69) is 19.9 Å². The lowest BCUT2D eigenvalue weighted by atomic mass is 9.93. The fourth-order valence-corrected chi connectivity index (χ4v) is 1.88. The minimum Gasteiger partial charge on any atom is -0.0853 e. The van der Waals surface area contributed by atoms with Gasteiger partial charge >= 0.3 is 0 Å². The summed E-state index contributed by atoms with van der Waals surface area (Å²) in [6, 6.07) is 0. The fraction of sp³-hybridized carbons (Fsp3) is 0.833. The highest BCUT2D eigenvalue weighted by atomic mass is 14.1. The van der Waals surface area contributed by atoms with Gasteiger partial charge in [-0.3, -0.25) is 0 Å². The maximum absolute atomic E-state index is 2.45.